The molecule has 9 heteroatoms. The van der Waals surface area contributed by atoms with Crippen LogP contribution >= 0.6 is 7.82 Å². The molecule has 0 rings (SSSR count). The molecule has 0 radical (unpaired) electrons. The zero-order valence-corrected chi connectivity index (χ0v) is 47.0. The summed E-state index contributed by atoms with van der Waals surface area (Å²) in [5, 5.41) is 13.9. The third-order valence-corrected chi connectivity index (χ3v) is 14.6. The molecule has 0 aliphatic heterocycles. The summed E-state index contributed by atoms with van der Waals surface area (Å²) in [5.74, 6) is -0.201. The van der Waals surface area contributed by atoms with Crippen LogP contribution in [0, 0.1) is 0 Å². The Bertz CT molecular complexity index is 1160. The van der Waals surface area contributed by atoms with Crippen molar-refractivity contribution in [1.82, 2.24) is 5.32 Å². The maximum absolute atomic E-state index is 13.0. The van der Waals surface area contributed by atoms with Crippen molar-refractivity contribution in [2.24, 2.45) is 0 Å². The van der Waals surface area contributed by atoms with Crippen molar-refractivity contribution in [1.29, 1.82) is 0 Å². The first kappa shape index (κ1) is 67.0. The van der Waals surface area contributed by atoms with E-state index in [0.29, 0.717) is 17.4 Å². The van der Waals surface area contributed by atoms with Crippen LogP contribution in [0.4, 0.5) is 0 Å². The number of rotatable bonds is 55. The Hall–Kier alpha value is -1.02. The van der Waals surface area contributed by atoms with Crippen LogP contribution in [0.5, 0.6) is 0 Å². The number of carbonyl (C=O) groups is 1. The van der Waals surface area contributed by atoms with Gasteiger partial charge < -0.3 is 28.8 Å². The molecule has 0 aromatic carbocycles. The molecule has 404 valence electrons. The van der Waals surface area contributed by atoms with Crippen molar-refractivity contribution >= 4 is 13.7 Å². The largest absolute Gasteiger partial charge is 0.756 e. The molecular formula is C59H117N2O6P. The van der Waals surface area contributed by atoms with Crippen LogP contribution in [-0.2, 0) is 18.4 Å². The SMILES string of the molecule is CCCCCCCCCCCCCCC/C=C/CC/C=C/C(O)C(COP(=O)([O-])OCC[N+](C)(C)C)NC(=O)CCCCCCCCCCCCCCCCCCCCCCCCCCCCC. The monoisotopic (exact) mass is 981 g/mol. The van der Waals surface area contributed by atoms with Gasteiger partial charge in [0.1, 0.15) is 13.2 Å². The van der Waals surface area contributed by atoms with Gasteiger partial charge in [0.15, 0.2) is 0 Å². The van der Waals surface area contributed by atoms with E-state index in [1.165, 1.54) is 238 Å². The Labute approximate surface area is 424 Å². The number of hydrogen-bond acceptors (Lipinski definition) is 6. The van der Waals surface area contributed by atoms with E-state index in [2.05, 4.69) is 31.3 Å². The summed E-state index contributed by atoms with van der Waals surface area (Å²) in [7, 11) is 1.26. The molecule has 0 fully saturated rings. The minimum atomic E-state index is -4.60. The molecule has 0 bridgehead atoms. The van der Waals surface area contributed by atoms with Gasteiger partial charge in [0.05, 0.1) is 39.9 Å². The van der Waals surface area contributed by atoms with Crippen LogP contribution in [0.1, 0.15) is 296 Å². The fraction of sp³-hybridized carbons (Fsp3) is 0.915. The smallest absolute Gasteiger partial charge is 0.268 e. The summed E-state index contributed by atoms with van der Waals surface area (Å²) in [6, 6.07) is -0.900. The van der Waals surface area contributed by atoms with Crippen LogP contribution in [-0.4, -0.2) is 68.5 Å². The maximum atomic E-state index is 13.0. The third-order valence-electron chi connectivity index (χ3n) is 13.7. The van der Waals surface area contributed by atoms with Crippen LogP contribution in [0.2, 0.25) is 0 Å². The summed E-state index contributed by atoms with van der Waals surface area (Å²) in [6.45, 7) is 4.67. The number of unbranched alkanes of at least 4 members (excludes halogenated alkanes) is 40. The van der Waals surface area contributed by atoms with E-state index in [1.807, 2.05) is 27.2 Å². The van der Waals surface area contributed by atoms with Crippen molar-refractivity contribution < 1.29 is 32.9 Å². The molecule has 2 N–H and O–H groups in total. The number of hydrogen-bond donors (Lipinski definition) is 2. The molecular weight excluding hydrogens is 864 g/mol. The highest BCUT2D eigenvalue weighted by Gasteiger charge is 2.23. The Morgan fingerprint density at radius 1 is 0.500 bits per heavy atom. The summed E-state index contributed by atoms with van der Waals surface area (Å²) >= 11 is 0. The van der Waals surface area contributed by atoms with Gasteiger partial charge in [0.2, 0.25) is 5.91 Å². The molecule has 0 saturated carbocycles. The number of allylic oxidation sites excluding steroid dienone is 3. The number of quaternary nitrogens is 1. The zero-order chi connectivity index (χ0) is 49.9. The lowest BCUT2D eigenvalue weighted by molar-refractivity contribution is -0.870. The number of aliphatic hydroxyl groups is 1. The summed E-state index contributed by atoms with van der Waals surface area (Å²) in [6.07, 6.45) is 64.1. The lowest BCUT2D eigenvalue weighted by Crippen LogP contribution is -2.45. The number of phosphoric ester groups is 1. The molecule has 0 spiro atoms. The summed E-state index contributed by atoms with van der Waals surface area (Å²) < 4.78 is 23.3. The Morgan fingerprint density at radius 3 is 1.19 bits per heavy atom. The lowest BCUT2D eigenvalue weighted by atomic mass is 10.0. The molecule has 0 aromatic rings. The van der Waals surface area contributed by atoms with Crippen LogP contribution in [0.3, 0.4) is 0 Å². The van der Waals surface area contributed by atoms with Crippen molar-refractivity contribution in [3.63, 3.8) is 0 Å². The number of aliphatic hydroxyl groups excluding tert-OH is 1. The molecule has 0 aliphatic carbocycles. The second-order valence-electron chi connectivity index (χ2n) is 21.7. The van der Waals surface area contributed by atoms with Gasteiger partial charge in [-0.25, -0.2) is 0 Å². The highest BCUT2D eigenvalue weighted by Crippen LogP contribution is 2.38. The normalized spacial score (nSPS) is 14.0. The van der Waals surface area contributed by atoms with E-state index in [-0.39, 0.29) is 19.1 Å². The molecule has 3 atom stereocenters. The fourth-order valence-corrected chi connectivity index (χ4v) is 9.72. The minimum absolute atomic E-state index is 0.00370. The van der Waals surface area contributed by atoms with E-state index < -0.39 is 20.0 Å². The highest BCUT2D eigenvalue weighted by atomic mass is 31.2. The predicted molar refractivity (Wildman–Crippen MR) is 293 cm³/mol. The van der Waals surface area contributed by atoms with Crippen molar-refractivity contribution in [3.8, 4) is 0 Å². The van der Waals surface area contributed by atoms with Crippen LogP contribution < -0.4 is 10.2 Å². The number of amides is 1. The number of nitrogens with zero attached hydrogens (tertiary/aromatic N) is 1. The van der Waals surface area contributed by atoms with Gasteiger partial charge in [-0.15, -0.1) is 0 Å². The molecule has 0 heterocycles. The van der Waals surface area contributed by atoms with Gasteiger partial charge in [0.25, 0.3) is 7.82 Å². The first-order valence-electron chi connectivity index (χ1n) is 29.7. The third kappa shape index (κ3) is 52.8. The summed E-state index contributed by atoms with van der Waals surface area (Å²) in [4.78, 5) is 25.5. The number of phosphoric acid groups is 1. The van der Waals surface area contributed by atoms with Crippen molar-refractivity contribution in [2.75, 3.05) is 40.9 Å². The van der Waals surface area contributed by atoms with Gasteiger partial charge in [0, 0.05) is 6.42 Å². The molecule has 3 unspecified atom stereocenters. The van der Waals surface area contributed by atoms with Crippen LogP contribution in [0.25, 0.3) is 0 Å². The Morgan fingerprint density at radius 2 is 0.824 bits per heavy atom. The Balaban J connectivity index is 4.15. The quantitative estimate of drug-likeness (QED) is 0.0272. The number of nitrogens with one attached hydrogen (secondary N) is 1. The fourth-order valence-electron chi connectivity index (χ4n) is 9.00. The molecule has 68 heavy (non-hydrogen) atoms. The zero-order valence-electron chi connectivity index (χ0n) is 46.1. The maximum Gasteiger partial charge on any atom is 0.268 e. The van der Waals surface area contributed by atoms with E-state index in [4.69, 9.17) is 9.05 Å². The number of carbonyl (C=O) groups excluding carboxylic acids is 1. The van der Waals surface area contributed by atoms with E-state index >= 15 is 0 Å². The average Bonchev–Trinajstić information content (AvgIpc) is 3.30. The average molecular weight is 982 g/mol. The van der Waals surface area contributed by atoms with E-state index in [0.717, 1.165) is 38.5 Å². The van der Waals surface area contributed by atoms with Gasteiger partial charge in [-0.1, -0.05) is 282 Å². The Kier molecular flexibility index (Phi) is 50.1. The first-order chi connectivity index (χ1) is 33.0. The van der Waals surface area contributed by atoms with Gasteiger partial charge >= 0.3 is 0 Å². The van der Waals surface area contributed by atoms with Crippen LogP contribution in [0.15, 0.2) is 24.3 Å². The standard InChI is InChI=1S/C59H117N2O6P/c1-6-8-10-12-14-16-18-20-22-24-26-27-28-29-30-31-32-33-35-37-39-41-43-45-47-49-51-53-59(63)60-57(56-67-68(64,65)66-55-54-61(3,4)5)58(62)52-50-48-46-44-42-40-38-36-34-25-23-21-19-17-15-13-11-9-7-2/h42,44,50,52,57-58,62H,6-41,43,45-49,51,53-56H2,1-5H3,(H-,60,63,64,65)/b44-42+,52-50+. The van der Waals surface area contributed by atoms with E-state index in [1.54, 1.807) is 6.08 Å². The summed E-state index contributed by atoms with van der Waals surface area (Å²) in [5.41, 5.74) is 0. The molecule has 0 saturated heterocycles. The lowest BCUT2D eigenvalue weighted by Gasteiger charge is -2.29. The molecule has 0 aliphatic rings. The number of likely N-dealkylation sites (N-methyl/N-ethyl adjacent to an activating group) is 1. The topological polar surface area (TPSA) is 108 Å². The molecule has 1 amide bonds. The van der Waals surface area contributed by atoms with Gasteiger partial charge in [-0.3, -0.25) is 9.36 Å². The van der Waals surface area contributed by atoms with E-state index in [9.17, 15) is 19.4 Å². The minimum Gasteiger partial charge on any atom is -0.756 e. The van der Waals surface area contributed by atoms with Gasteiger partial charge in [-0.2, -0.15) is 0 Å². The van der Waals surface area contributed by atoms with Gasteiger partial charge in [-0.05, 0) is 32.1 Å². The second-order valence-corrected chi connectivity index (χ2v) is 23.1. The highest BCUT2D eigenvalue weighted by molar-refractivity contribution is 7.45. The van der Waals surface area contributed by atoms with Crippen molar-refractivity contribution in [2.45, 2.75) is 309 Å². The second kappa shape index (κ2) is 50.9. The molecule has 8 nitrogen and oxygen atoms in total. The first-order valence-corrected chi connectivity index (χ1v) is 31.2. The van der Waals surface area contributed by atoms with Crippen molar-refractivity contribution in [3.05, 3.63) is 24.3 Å². The predicted octanol–water partition coefficient (Wildman–Crippen LogP) is 17.4. The molecule has 0 aromatic heterocycles.